The molecule has 1 aromatic carbocycles. The molecule has 0 aliphatic carbocycles. The topological polar surface area (TPSA) is 72.3 Å². The molecular formula is C16H18N4O2S. The van der Waals surface area contributed by atoms with E-state index in [4.69, 9.17) is 4.74 Å². The van der Waals surface area contributed by atoms with E-state index in [2.05, 4.69) is 15.1 Å². The molecule has 3 rings (SSSR count). The van der Waals surface area contributed by atoms with Gasteiger partial charge >= 0.3 is 0 Å². The standard InChI is InChI=1S/C16H18N4O2S/c1-10(17-8-9-22-3)14-11(2)19-20(15(14)21)16-18-12-6-4-5-7-13(12)23-16/h4-7,19H,8-9H2,1-3H3. The highest BCUT2D eigenvalue weighted by molar-refractivity contribution is 7.20. The second-order valence-corrected chi connectivity index (χ2v) is 6.19. The highest BCUT2D eigenvalue weighted by Crippen LogP contribution is 2.23. The SMILES string of the molecule is COCCN=C(C)c1c(C)[nH]n(-c2nc3ccccc3s2)c1=O. The van der Waals surface area contributed by atoms with E-state index in [9.17, 15) is 4.79 Å². The van der Waals surface area contributed by atoms with Gasteiger partial charge in [0.15, 0.2) is 0 Å². The molecule has 0 saturated carbocycles. The molecule has 0 spiro atoms. The van der Waals surface area contributed by atoms with Crippen molar-refractivity contribution in [3.63, 3.8) is 0 Å². The zero-order valence-electron chi connectivity index (χ0n) is 13.3. The molecule has 0 aliphatic rings. The molecule has 6 nitrogen and oxygen atoms in total. The smallest absolute Gasteiger partial charge is 0.282 e. The molecule has 3 aromatic rings. The highest BCUT2D eigenvalue weighted by Gasteiger charge is 2.17. The molecule has 0 fully saturated rings. The van der Waals surface area contributed by atoms with Crippen LogP contribution in [0.5, 0.6) is 0 Å². The third kappa shape index (κ3) is 2.97. The van der Waals surface area contributed by atoms with Gasteiger partial charge in [-0.25, -0.2) is 4.98 Å². The lowest BCUT2D eigenvalue weighted by Crippen LogP contribution is -2.19. The largest absolute Gasteiger partial charge is 0.383 e. The fraction of sp³-hybridized carbons (Fsp3) is 0.312. The third-order valence-corrected chi connectivity index (χ3v) is 4.57. The Kier molecular flexibility index (Phi) is 4.40. The van der Waals surface area contributed by atoms with Crippen LogP contribution in [-0.2, 0) is 4.74 Å². The van der Waals surface area contributed by atoms with Crippen LogP contribution < -0.4 is 5.56 Å². The molecule has 2 heterocycles. The van der Waals surface area contributed by atoms with Gasteiger partial charge in [0.2, 0.25) is 5.13 Å². The molecule has 0 bridgehead atoms. The number of para-hydroxylation sites is 1. The predicted molar refractivity (Wildman–Crippen MR) is 93.3 cm³/mol. The molecular weight excluding hydrogens is 312 g/mol. The number of aromatic nitrogens is 3. The summed E-state index contributed by atoms with van der Waals surface area (Å²) in [6.07, 6.45) is 0. The van der Waals surface area contributed by atoms with E-state index in [-0.39, 0.29) is 5.56 Å². The maximum atomic E-state index is 12.7. The predicted octanol–water partition coefficient (Wildman–Crippen LogP) is 2.54. The average Bonchev–Trinajstić information content (AvgIpc) is 3.08. The van der Waals surface area contributed by atoms with E-state index in [0.717, 1.165) is 15.9 Å². The molecule has 0 unspecified atom stereocenters. The number of ether oxygens (including phenoxy) is 1. The van der Waals surface area contributed by atoms with Gasteiger partial charge in [-0.3, -0.25) is 14.9 Å². The molecule has 1 N–H and O–H groups in total. The summed E-state index contributed by atoms with van der Waals surface area (Å²) < 4.78 is 7.53. The van der Waals surface area contributed by atoms with Crippen molar-refractivity contribution in [1.82, 2.24) is 14.8 Å². The van der Waals surface area contributed by atoms with Crippen molar-refractivity contribution in [1.29, 1.82) is 0 Å². The molecule has 0 aliphatic heterocycles. The Hall–Kier alpha value is -2.25. The van der Waals surface area contributed by atoms with Crippen LogP contribution >= 0.6 is 11.3 Å². The second kappa shape index (κ2) is 6.47. The van der Waals surface area contributed by atoms with E-state index < -0.39 is 0 Å². The first kappa shape index (κ1) is 15.6. The summed E-state index contributed by atoms with van der Waals surface area (Å²) in [6, 6.07) is 7.84. The number of aromatic amines is 1. The summed E-state index contributed by atoms with van der Waals surface area (Å²) in [7, 11) is 1.63. The normalized spacial score (nSPS) is 12.2. The average molecular weight is 330 g/mol. The van der Waals surface area contributed by atoms with Crippen molar-refractivity contribution in [3.8, 4) is 5.13 Å². The minimum Gasteiger partial charge on any atom is -0.383 e. The first-order valence-electron chi connectivity index (χ1n) is 7.29. The van der Waals surface area contributed by atoms with Gasteiger partial charge in [-0.15, -0.1) is 0 Å². The quantitative estimate of drug-likeness (QED) is 0.577. The number of thiazole rings is 1. The number of nitrogens with one attached hydrogen (secondary N) is 1. The Bertz CT molecular complexity index is 887. The van der Waals surface area contributed by atoms with Crippen LogP contribution in [0.15, 0.2) is 34.1 Å². The Morgan fingerprint density at radius 1 is 1.43 bits per heavy atom. The zero-order chi connectivity index (χ0) is 16.4. The van der Waals surface area contributed by atoms with Gasteiger partial charge in [-0.2, -0.15) is 4.68 Å². The van der Waals surface area contributed by atoms with E-state index in [0.29, 0.717) is 29.6 Å². The summed E-state index contributed by atoms with van der Waals surface area (Å²) in [6.45, 7) is 4.78. The van der Waals surface area contributed by atoms with Crippen LogP contribution in [0.3, 0.4) is 0 Å². The summed E-state index contributed by atoms with van der Waals surface area (Å²) in [5.41, 5.74) is 2.85. The number of hydrogen-bond acceptors (Lipinski definition) is 5. The molecule has 23 heavy (non-hydrogen) atoms. The lowest BCUT2D eigenvalue weighted by molar-refractivity contribution is 0.208. The lowest BCUT2D eigenvalue weighted by atomic mass is 10.2. The zero-order valence-corrected chi connectivity index (χ0v) is 14.1. The fourth-order valence-corrected chi connectivity index (χ4v) is 3.37. The summed E-state index contributed by atoms with van der Waals surface area (Å²) in [4.78, 5) is 21.6. The lowest BCUT2D eigenvalue weighted by Gasteiger charge is -1.98. The summed E-state index contributed by atoms with van der Waals surface area (Å²) in [5, 5.41) is 3.74. The number of aryl methyl sites for hydroxylation is 1. The van der Waals surface area contributed by atoms with E-state index in [1.807, 2.05) is 38.1 Å². The van der Waals surface area contributed by atoms with Crippen LogP contribution in [0.1, 0.15) is 18.2 Å². The number of fused-ring (bicyclic) bond motifs is 1. The maximum absolute atomic E-state index is 12.7. The van der Waals surface area contributed by atoms with Crippen LogP contribution in [0.2, 0.25) is 0 Å². The van der Waals surface area contributed by atoms with Crippen molar-refractivity contribution in [2.45, 2.75) is 13.8 Å². The Morgan fingerprint density at radius 2 is 2.22 bits per heavy atom. The van der Waals surface area contributed by atoms with Crippen molar-refractivity contribution in [2.24, 2.45) is 4.99 Å². The van der Waals surface area contributed by atoms with Gasteiger partial charge in [0.25, 0.3) is 5.56 Å². The van der Waals surface area contributed by atoms with Crippen molar-refractivity contribution in [3.05, 3.63) is 45.9 Å². The molecule has 2 aromatic heterocycles. The molecule has 0 amide bonds. The molecule has 0 radical (unpaired) electrons. The van der Waals surface area contributed by atoms with Crippen LogP contribution in [0.4, 0.5) is 0 Å². The third-order valence-electron chi connectivity index (χ3n) is 3.55. The molecule has 7 heteroatoms. The van der Waals surface area contributed by atoms with E-state index in [1.54, 1.807) is 7.11 Å². The van der Waals surface area contributed by atoms with Gasteiger partial charge < -0.3 is 4.74 Å². The highest BCUT2D eigenvalue weighted by atomic mass is 32.1. The number of hydrogen-bond donors (Lipinski definition) is 1. The number of aliphatic imine (C=N–C) groups is 1. The van der Waals surface area contributed by atoms with Gasteiger partial charge in [-0.1, -0.05) is 23.5 Å². The van der Waals surface area contributed by atoms with Crippen molar-refractivity contribution < 1.29 is 4.74 Å². The van der Waals surface area contributed by atoms with Gasteiger partial charge in [0.1, 0.15) is 0 Å². The second-order valence-electron chi connectivity index (χ2n) is 5.18. The minimum absolute atomic E-state index is 0.125. The van der Waals surface area contributed by atoms with Gasteiger partial charge in [0.05, 0.1) is 28.9 Å². The van der Waals surface area contributed by atoms with Crippen molar-refractivity contribution >= 4 is 27.3 Å². The minimum atomic E-state index is -0.125. The maximum Gasteiger partial charge on any atom is 0.282 e. The summed E-state index contributed by atoms with van der Waals surface area (Å²) in [5.74, 6) is 0. The van der Waals surface area contributed by atoms with Crippen LogP contribution in [-0.4, -0.2) is 40.7 Å². The number of benzene rings is 1. The number of methoxy groups -OCH3 is 1. The number of H-pyrrole nitrogens is 1. The van der Waals surface area contributed by atoms with Crippen LogP contribution in [0.25, 0.3) is 15.3 Å². The fourth-order valence-electron chi connectivity index (χ4n) is 2.45. The molecule has 0 saturated heterocycles. The van der Waals surface area contributed by atoms with Gasteiger partial charge in [0, 0.05) is 18.5 Å². The first-order chi connectivity index (χ1) is 11.1. The monoisotopic (exact) mass is 330 g/mol. The first-order valence-corrected chi connectivity index (χ1v) is 8.11. The number of nitrogens with zero attached hydrogens (tertiary/aromatic N) is 3. The molecule has 0 atom stereocenters. The van der Waals surface area contributed by atoms with E-state index >= 15 is 0 Å². The van der Waals surface area contributed by atoms with Gasteiger partial charge in [-0.05, 0) is 26.0 Å². The Morgan fingerprint density at radius 3 is 2.96 bits per heavy atom. The summed E-state index contributed by atoms with van der Waals surface area (Å²) >= 11 is 1.48. The molecule has 120 valence electrons. The Labute approximate surface area is 137 Å². The van der Waals surface area contributed by atoms with Crippen molar-refractivity contribution in [2.75, 3.05) is 20.3 Å². The van der Waals surface area contributed by atoms with E-state index in [1.165, 1.54) is 16.0 Å². The number of rotatable bonds is 5. The Balaban J connectivity index is 2.03. The van der Waals surface area contributed by atoms with Crippen LogP contribution in [0, 0.1) is 6.92 Å².